The lowest BCUT2D eigenvalue weighted by molar-refractivity contribution is -0.220. The molecule has 20 heavy (non-hydrogen) atoms. The maximum absolute atomic E-state index is 11.4. The van der Waals surface area contributed by atoms with Crippen LogP contribution in [-0.4, -0.2) is 34.8 Å². The van der Waals surface area contributed by atoms with Gasteiger partial charge < -0.3 is 15.7 Å². The van der Waals surface area contributed by atoms with Crippen LogP contribution in [0.1, 0.15) is 5.01 Å². The lowest BCUT2D eigenvalue weighted by Gasteiger charge is -2.11. The summed E-state index contributed by atoms with van der Waals surface area (Å²) in [6.45, 7) is 0. The Kier molecular flexibility index (Phi) is 3.49. The van der Waals surface area contributed by atoms with Gasteiger partial charge in [0.05, 0.1) is 23.4 Å². The predicted octanol–water partition coefficient (Wildman–Crippen LogP) is 0.799. The lowest BCUT2D eigenvalue weighted by atomic mass is 10.3. The molecule has 6 nitrogen and oxygen atoms in total. The molecular formula is C12H11N4O2S2-. The zero-order chi connectivity index (χ0) is 14.1. The predicted molar refractivity (Wildman–Crippen MR) is 80.6 cm³/mol. The van der Waals surface area contributed by atoms with E-state index >= 15 is 0 Å². The number of thiazole rings is 1. The van der Waals surface area contributed by atoms with Crippen molar-refractivity contribution in [2.45, 2.75) is 6.04 Å². The van der Waals surface area contributed by atoms with Crippen molar-refractivity contribution >= 4 is 44.3 Å². The SMILES string of the molecule is COc1ccc2nc(C3=N[C@@H](/C([O-])=N/N)CS3)sc2c1. The molecule has 0 amide bonds. The first-order valence-electron chi connectivity index (χ1n) is 5.81. The number of methoxy groups -OCH3 is 1. The molecule has 3 rings (SSSR count). The third kappa shape index (κ3) is 2.32. The minimum atomic E-state index is -0.485. The van der Waals surface area contributed by atoms with Crippen LogP contribution in [0.3, 0.4) is 0 Å². The van der Waals surface area contributed by atoms with E-state index in [1.807, 2.05) is 18.2 Å². The normalized spacial score (nSPS) is 19.4. The highest BCUT2D eigenvalue weighted by molar-refractivity contribution is 8.15. The Hall–Kier alpha value is -1.80. The maximum Gasteiger partial charge on any atom is 0.149 e. The summed E-state index contributed by atoms with van der Waals surface area (Å²) >= 11 is 3.03. The van der Waals surface area contributed by atoms with E-state index in [9.17, 15) is 5.11 Å². The maximum atomic E-state index is 11.4. The number of hydrazone groups is 1. The van der Waals surface area contributed by atoms with Crippen molar-refractivity contribution in [2.75, 3.05) is 12.9 Å². The van der Waals surface area contributed by atoms with Gasteiger partial charge in [-0.15, -0.1) is 23.1 Å². The van der Waals surface area contributed by atoms with Crippen LogP contribution in [0.15, 0.2) is 28.3 Å². The Balaban J connectivity index is 1.95. The second-order valence-corrected chi connectivity index (χ2v) is 6.12. The fourth-order valence-corrected chi connectivity index (χ4v) is 3.92. The number of rotatable bonds is 3. The zero-order valence-corrected chi connectivity index (χ0v) is 12.2. The van der Waals surface area contributed by atoms with E-state index in [0.29, 0.717) is 5.75 Å². The Bertz CT molecular complexity index is 711. The molecule has 1 atom stereocenters. The van der Waals surface area contributed by atoms with Gasteiger partial charge in [-0.05, 0) is 18.2 Å². The molecule has 0 spiro atoms. The Morgan fingerprint density at radius 1 is 1.55 bits per heavy atom. The average Bonchev–Trinajstić information content (AvgIpc) is 3.11. The first-order valence-corrected chi connectivity index (χ1v) is 7.62. The summed E-state index contributed by atoms with van der Waals surface area (Å²) in [5, 5.41) is 16.2. The van der Waals surface area contributed by atoms with Crippen molar-refractivity contribution in [3.05, 3.63) is 23.2 Å². The first-order chi connectivity index (χ1) is 9.71. The van der Waals surface area contributed by atoms with E-state index in [2.05, 4.69) is 15.1 Å². The Morgan fingerprint density at radius 3 is 3.15 bits per heavy atom. The molecule has 0 bridgehead atoms. The van der Waals surface area contributed by atoms with E-state index < -0.39 is 11.9 Å². The quantitative estimate of drug-likeness (QED) is 0.391. The van der Waals surface area contributed by atoms with Crippen LogP contribution in [-0.2, 0) is 0 Å². The first kappa shape index (κ1) is 13.2. The van der Waals surface area contributed by atoms with Gasteiger partial charge in [-0.1, -0.05) is 0 Å². The van der Waals surface area contributed by atoms with Gasteiger partial charge in [0.25, 0.3) is 0 Å². The van der Waals surface area contributed by atoms with Gasteiger partial charge in [0, 0.05) is 11.7 Å². The molecule has 104 valence electrons. The minimum absolute atomic E-state index is 0.393. The number of aliphatic imine (C=N–C) groups is 1. The number of thioether (sulfide) groups is 1. The number of ether oxygens (including phenoxy) is 1. The molecule has 8 heteroatoms. The van der Waals surface area contributed by atoms with Crippen molar-refractivity contribution in [1.29, 1.82) is 0 Å². The van der Waals surface area contributed by atoms with Crippen LogP contribution < -0.4 is 15.7 Å². The summed E-state index contributed by atoms with van der Waals surface area (Å²) in [6.07, 6.45) is 0. The number of fused-ring (bicyclic) bond motifs is 1. The van der Waals surface area contributed by atoms with Gasteiger partial charge in [0.1, 0.15) is 15.8 Å². The van der Waals surface area contributed by atoms with E-state index in [1.165, 1.54) is 23.1 Å². The van der Waals surface area contributed by atoms with Gasteiger partial charge in [-0.2, -0.15) is 0 Å². The molecule has 1 aliphatic rings. The molecular weight excluding hydrogens is 296 g/mol. The van der Waals surface area contributed by atoms with Crippen LogP contribution in [0, 0.1) is 0 Å². The second-order valence-electron chi connectivity index (χ2n) is 4.08. The van der Waals surface area contributed by atoms with Crippen LogP contribution in [0.25, 0.3) is 10.2 Å². The van der Waals surface area contributed by atoms with E-state index in [4.69, 9.17) is 10.6 Å². The molecule has 1 aromatic carbocycles. The summed E-state index contributed by atoms with van der Waals surface area (Å²) in [7, 11) is 1.63. The van der Waals surface area contributed by atoms with Crippen LogP contribution in [0.4, 0.5) is 0 Å². The molecule has 0 radical (unpaired) electrons. The van der Waals surface area contributed by atoms with Gasteiger partial charge in [0.2, 0.25) is 0 Å². The molecule has 0 unspecified atom stereocenters. The summed E-state index contributed by atoms with van der Waals surface area (Å²) in [6, 6.07) is 5.23. The van der Waals surface area contributed by atoms with Gasteiger partial charge in [0.15, 0.2) is 0 Å². The van der Waals surface area contributed by atoms with Gasteiger partial charge in [-0.25, -0.2) is 10.1 Å². The smallest absolute Gasteiger partial charge is 0.149 e. The molecule has 0 saturated heterocycles. The third-order valence-corrected chi connectivity index (χ3v) is 5.05. The summed E-state index contributed by atoms with van der Waals surface area (Å²) < 4.78 is 6.22. The largest absolute Gasteiger partial charge is 0.859 e. The van der Waals surface area contributed by atoms with E-state index in [1.54, 1.807) is 7.11 Å². The number of nitrogens with two attached hydrogens (primary N) is 1. The van der Waals surface area contributed by atoms with Crippen molar-refractivity contribution in [1.82, 2.24) is 4.98 Å². The molecule has 0 fully saturated rings. The molecule has 1 aliphatic heterocycles. The van der Waals surface area contributed by atoms with Crippen molar-refractivity contribution in [3.8, 4) is 5.75 Å². The number of nitrogens with zero attached hydrogens (tertiary/aromatic N) is 3. The van der Waals surface area contributed by atoms with E-state index in [0.717, 1.165) is 26.0 Å². The topological polar surface area (TPSA) is 95.9 Å². The van der Waals surface area contributed by atoms with Crippen LogP contribution in [0.2, 0.25) is 0 Å². The average molecular weight is 307 g/mol. The summed E-state index contributed by atoms with van der Waals surface area (Å²) in [5.74, 6) is 5.96. The number of aromatic nitrogens is 1. The molecule has 2 aromatic rings. The highest BCUT2D eigenvalue weighted by atomic mass is 32.2. The number of benzene rings is 1. The molecule has 2 heterocycles. The minimum Gasteiger partial charge on any atom is -0.859 e. The monoisotopic (exact) mass is 307 g/mol. The molecule has 2 N–H and O–H groups in total. The highest BCUT2D eigenvalue weighted by Crippen LogP contribution is 2.31. The van der Waals surface area contributed by atoms with E-state index in [-0.39, 0.29) is 0 Å². The zero-order valence-electron chi connectivity index (χ0n) is 10.6. The molecule has 0 aliphatic carbocycles. The molecule has 0 saturated carbocycles. The van der Waals surface area contributed by atoms with Crippen molar-refractivity contribution in [3.63, 3.8) is 0 Å². The Labute approximate surface area is 123 Å². The fraction of sp³-hybridized carbons (Fsp3) is 0.250. The van der Waals surface area contributed by atoms with Crippen LogP contribution in [0.5, 0.6) is 5.75 Å². The molecule has 1 aromatic heterocycles. The summed E-state index contributed by atoms with van der Waals surface area (Å²) in [4.78, 5) is 8.87. The number of hydrogen-bond acceptors (Lipinski definition) is 8. The van der Waals surface area contributed by atoms with Gasteiger partial charge in [-0.3, -0.25) is 4.99 Å². The fourth-order valence-electron chi connectivity index (χ4n) is 1.83. The summed E-state index contributed by atoms with van der Waals surface area (Å²) in [5.41, 5.74) is 0.896. The standard InChI is InChI=1S/C12H12N4O2S2/c1-18-6-2-3-7-9(4-6)20-12(14-7)11-15-8(5-19-11)10(17)16-13/h2-4,8H,5,13H2,1H3,(H,16,17)/p-1/t8-/m1/s1. The second kappa shape index (κ2) is 5.29. The van der Waals surface area contributed by atoms with Crippen LogP contribution >= 0.6 is 23.1 Å². The Morgan fingerprint density at radius 2 is 2.40 bits per heavy atom. The third-order valence-electron chi connectivity index (χ3n) is 2.84. The number of hydrogen-bond donors (Lipinski definition) is 1. The van der Waals surface area contributed by atoms with Crippen molar-refractivity contribution in [2.24, 2.45) is 15.9 Å². The van der Waals surface area contributed by atoms with Gasteiger partial charge >= 0.3 is 0 Å². The van der Waals surface area contributed by atoms with Crippen molar-refractivity contribution < 1.29 is 9.84 Å². The lowest BCUT2D eigenvalue weighted by Crippen LogP contribution is -2.32. The highest BCUT2D eigenvalue weighted by Gasteiger charge is 2.22.